The van der Waals surface area contributed by atoms with Gasteiger partial charge in [0.15, 0.2) is 5.78 Å². The van der Waals surface area contributed by atoms with Crippen molar-refractivity contribution in [2.24, 2.45) is 28.6 Å². The average Bonchev–Trinajstić information content (AvgIpc) is 3.12. The summed E-state index contributed by atoms with van der Waals surface area (Å²) < 4.78 is 5.93. The smallest absolute Gasteiger partial charge is 0.327 e. The molecule has 0 heterocycles. The van der Waals surface area contributed by atoms with E-state index in [1.807, 2.05) is 6.08 Å². The van der Waals surface area contributed by atoms with Crippen molar-refractivity contribution in [3.05, 3.63) is 11.6 Å². The van der Waals surface area contributed by atoms with Crippen molar-refractivity contribution in [2.45, 2.75) is 90.2 Å². The molecule has 0 radical (unpaired) electrons. The van der Waals surface area contributed by atoms with Gasteiger partial charge in [-0.3, -0.25) is 14.4 Å². The topological polar surface area (TPSA) is 110 Å². The molecule has 3 fully saturated rings. The fourth-order valence-corrected chi connectivity index (χ4v) is 7.84. The predicted octanol–water partition coefficient (Wildman–Crippen LogP) is 3.71. The van der Waals surface area contributed by atoms with Crippen LogP contribution >= 0.6 is 12.6 Å². The fourth-order valence-electron chi connectivity index (χ4n) is 7.59. The largest absolute Gasteiger partial charge is 0.480 e. The highest BCUT2D eigenvalue weighted by Gasteiger charge is 2.59. The highest BCUT2D eigenvalue weighted by atomic mass is 32.1. The molecule has 4 aliphatic carbocycles. The number of thiol groups is 1. The number of rotatable bonds is 7. The van der Waals surface area contributed by atoms with E-state index in [1.165, 1.54) is 5.57 Å². The summed E-state index contributed by atoms with van der Waals surface area (Å²) in [6, 6.07) is -1.06. The van der Waals surface area contributed by atoms with E-state index >= 15 is 0 Å². The van der Waals surface area contributed by atoms with Crippen molar-refractivity contribution in [1.29, 1.82) is 0 Å². The molecule has 0 aromatic carbocycles. The SMILES string of the molecule is C[C@]12CC[C@@H]3[C@H](CCC4=CC(=O)CC[C@@]43C)[C@@H]1CC[C@H]2OC(=O)CCC(=O)N[C@H](CS)C(=O)O. The Morgan fingerprint density at radius 1 is 1.12 bits per heavy atom. The molecule has 0 unspecified atom stereocenters. The maximum Gasteiger partial charge on any atom is 0.327 e. The Bertz CT molecular complexity index is 902. The first-order valence-electron chi connectivity index (χ1n) is 12.6. The third-order valence-corrected chi connectivity index (χ3v) is 9.89. The average molecular weight is 492 g/mol. The van der Waals surface area contributed by atoms with Gasteiger partial charge in [-0.25, -0.2) is 4.79 Å². The van der Waals surface area contributed by atoms with E-state index in [-0.39, 0.29) is 41.3 Å². The molecule has 0 saturated heterocycles. The van der Waals surface area contributed by atoms with E-state index in [0.29, 0.717) is 24.2 Å². The minimum absolute atomic E-state index is 0.0118. The minimum atomic E-state index is -1.15. The van der Waals surface area contributed by atoms with Crippen molar-refractivity contribution in [2.75, 3.05) is 5.75 Å². The molecular formula is C26H37NO6S. The zero-order chi connectivity index (χ0) is 24.7. The van der Waals surface area contributed by atoms with Crippen LogP contribution in [-0.4, -0.2) is 46.6 Å². The van der Waals surface area contributed by atoms with Crippen LogP contribution in [0.5, 0.6) is 0 Å². The van der Waals surface area contributed by atoms with Crippen LogP contribution in [0.4, 0.5) is 0 Å². The molecule has 2 N–H and O–H groups in total. The molecule has 0 aliphatic heterocycles. The number of carbonyl (C=O) groups excluding carboxylic acids is 3. The fraction of sp³-hybridized carbons (Fsp3) is 0.769. The van der Waals surface area contributed by atoms with Crippen molar-refractivity contribution in [3.8, 4) is 0 Å². The molecule has 0 aromatic heterocycles. The van der Waals surface area contributed by atoms with Gasteiger partial charge in [-0.05, 0) is 74.2 Å². The summed E-state index contributed by atoms with van der Waals surface area (Å²) in [5.41, 5.74) is 1.43. The number of fused-ring (bicyclic) bond motifs is 5. The number of allylic oxidation sites excluding steroid dienone is 1. The van der Waals surface area contributed by atoms with Gasteiger partial charge < -0.3 is 15.2 Å². The number of amides is 1. The van der Waals surface area contributed by atoms with Crippen LogP contribution in [-0.2, 0) is 23.9 Å². The Labute approximate surface area is 206 Å². The maximum absolute atomic E-state index is 12.6. The lowest BCUT2D eigenvalue weighted by molar-refractivity contribution is -0.160. The number of carboxylic acids is 1. The number of esters is 1. The monoisotopic (exact) mass is 491 g/mol. The number of hydrogen-bond donors (Lipinski definition) is 3. The second kappa shape index (κ2) is 9.67. The van der Waals surface area contributed by atoms with E-state index < -0.39 is 23.9 Å². The van der Waals surface area contributed by atoms with Gasteiger partial charge in [0, 0.05) is 24.0 Å². The molecule has 0 bridgehead atoms. The van der Waals surface area contributed by atoms with Gasteiger partial charge in [-0.15, -0.1) is 0 Å². The molecule has 188 valence electrons. The van der Waals surface area contributed by atoms with Crippen LogP contribution in [0.3, 0.4) is 0 Å². The van der Waals surface area contributed by atoms with Gasteiger partial charge in [0.2, 0.25) is 5.91 Å². The van der Waals surface area contributed by atoms with Crippen LogP contribution in [0.15, 0.2) is 11.6 Å². The third kappa shape index (κ3) is 4.54. The van der Waals surface area contributed by atoms with E-state index in [4.69, 9.17) is 9.84 Å². The summed E-state index contributed by atoms with van der Waals surface area (Å²) in [6.45, 7) is 4.64. The first kappa shape index (κ1) is 25.3. The van der Waals surface area contributed by atoms with Crippen molar-refractivity contribution >= 4 is 36.3 Å². The lowest BCUT2D eigenvalue weighted by atomic mass is 9.47. The minimum Gasteiger partial charge on any atom is -0.480 e. The first-order chi connectivity index (χ1) is 16.1. The first-order valence-corrected chi connectivity index (χ1v) is 13.3. The van der Waals surface area contributed by atoms with Gasteiger partial charge in [0.1, 0.15) is 12.1 Å². The van der Waals surface area contributed by atoms with Crippen LogP contribution in [0.25, 0.3) is 0 Å². The number of carboxylic acid groups (broad SMARTS) is 1. The molecule has 7 nitrogen and oxygen atoms in total. The normalized spacial score (nSPS) is 37.5. The molecular weight excluding hydrogens is 454 g/mol. The number of nitrogens with one attached hydrogen (secondary N) is 1. The van der Waals surface area contributed by atoms with Crippen LogP contribution < -0.4 is 5.32 Å². The number of hydrogen-bond acceptors (Lipinski definition) is 6. The Balaban J connectivity index is 1.35. The van der Waals surface area contributed by atoms with Gasteiger partial charge in [0.05, 0.1) is 6.42 Å². The number of carbonyl (C=O) groups is 4. The van der Waals surface area contributed by atoms with E-state index in [0.717, 1.165) is 44.9 Å². The molecule has 1 amide bonds. The molecule has 4 rings (SSSR count). The Hall–Kier alpha value is -1.83. The molecule has 0 spiro atoms. The van der Waals surface area contributed by atoms with Crippen molar-refractivity contribution < 1.29 is 29.0 Å². The third-order valence-electron chi connectivity index (χ3n) is 9.52. The summed E-state index contributed by atoms with van der Waals surface area (Å²) in [4.78, 5) is 47.7. The molecule has 8 heteroatoms. The van der Waals surface area contributed by atoms with Crippen LogP contribution in [0.1, 0.15) is 78.1 Å². The molecule has 7 atom stereocenters. The highest BCUT2D eigenvalue weighted by Crippen LogP contribution is 2.65. The van der Waals surface area contributed by atoms with Gasteiger partial charge in [-0.2, -0.15) is 12.6 Å². The molecule has 0 aromatic rings. The Morgan fingerprint density at radius 3 is 2.59 bits per heavy atom. The van der Waals surface area contributed by atoms with Crippen LogP contribution in [0, 0.1) is 28.6 Å². The number of ether oxygens (including phenoxy) is 1. The van der Waals surface area contributed by atoms with E-state index in [2.05, 4.69) is 31.8 Å². The zero-order valence-electron chi connectivity index (χ0n) is 20.2. The summed E-state index contributed by atoms with van der Waals surface area (Å²) in [6.07, 6.45) is 9.34. The second-order valence-corrected chi connectivity index (χ2v) is 11.6. The predicted molar refractivity (Wildman–Crippen MR) is 129 cm³/mol. The number of aliphatic carboxylic acids is 1. The lowest BCUT2D eigenvalue weighted by Crippen LogP contribution is -2.51. The zero-order valence-corrected chi connectivity index (χ0v) is 21.1. The molecule has 4 aliphatic rings. The van der Waals surface area contributed by atoms with E-state index in [1.54, 1.807) is 0 Å². The lowest BCUT2D eigenvalue weighted by Gasteiger charge is -2.57. The standard InChI is InChI=1S/C26H37NO6S/c1-25-11-9-16(28)13-15(25)3-4-17-18-5-6-21(26(18,2)12-10-19(17)25)33-23(30)8-7-22(29)27-20(14-34)24(31)32/h13,17-21,34H,3-12,14H2,1-2H3,(H,27,29)(H,31,32)/t17-,18+,19-,20-,21-,25+,26+/m1/s1. The quantitative estimate of drug-likeness (QED) is 0.370. The summed E-state index contributed by atoms with van der Waals surface area (Å²) >= 11 is 3.93. The Kier molecular flexibility index (Phi) is 7.19. The van der Waals surface area contributed by atoms with Crippen molar-refractivity contribution in [1.82, 2.24) is 5.32 Å². The molecule has 3 saturated carbocycles. The van der Waals surface area contributed by atoms with Gasteiger partial charge in [0.25, 0.3) is 0 Å². The van der Waals surface area contributed by atoms with E-state index in [9.17, 15) is 19.2 Å². The van der Waals surface area contributed by atoms with Crippen molar-refractivity contribution in [3.63, 3.8) is 0 Å². The van der Waals surface area contributed by atoms with Gasteiger partial charge >= 0.3 is 11.9 Å². The maximum atomic E-state index is 12.6. The van der Waals surface area contributed by atoms with Crippen LogP contribution in [0.2, 0.25) is 0 Å². The summed E-state index contributed by atoms with van der Waals surface area (Å²) in [5.74, 6) is -0.0724. The second-order valence-electron chi connectivity index (χ2n) is 11.2. The van der Waals surface area contributed by atoms with Gasteiger partial charge in [-0.1, -0.05) is 19.4 Å². The highest BCUT2D eigenvalue weighted by molar-refractivity contribution is 7.80. The number of ketones is 1. The molecule has 34 heavy (non-hydrogen) atoms. The summed E-state index contributed by atoms with van der Waals surface area (Å²) in [7, 11) is 0. The Morgan fingerprint density at radius 2 is 1.88 bits per heavy atom. The summed E-state index contributed by atoms with van der Waals surface area (Å²) in [5, 5.41) is 11.4.